The topological polar surface area (TPSA) is 49.4 Å². The maximum Gasteiger partial charge on any atom is 0.419 e. The fraction of sp³-hybridized carbons (Fsp3) is 0.625. The van der Waals surface area contributed by atoms with Crippen molar-refractivity contribution in [3.8, 4) is 0 Å². The average Bonchev–Trinajstić information content (AvgIpc) is 3.36. The summed E-state index contributed by atoms with van der Waals surface area (Å²) in [6.07, 6.45) is -1.11. The molecule has 140 valence electrons. The number of alkyl halides is 3. The summed E-state index contributed by atoms with van der Waals surface area (Å²) in [5.41, 5.74) is -1.46. The molecule has 0 radical (unpaired) electrons. The molecule has 0 bridgehead atoms. The van der Waals surface area contributed by atoms with Crippen LogP contribution >= 0.6 is 0 Å². The minimum absolute atomic E-state index is 0.247. The number of halogens is 4. The van der Waals surface area contributed by atoms with Crippen LogP contribution in [0.15, 0.2) is 23.1 Å². The second kappa shape index (κ2) is 6.85. The van der Waals surface area contributed by atoms with Crippen LogP contribution < -0.4 is 5.32 Å². The van der Waals surface area contributed by atoms with Crippen molar-refractivity contribution in [3.05, 3.63) is 29.6 Å². The Morgan fingerprint density at radius 3 is 2.28 bits per heavy atom. The molecule has 0 atom stereocenters. The number of hydrogen-bond acceptors (Lipinski definition) is 3. The summed E-state index contributed by atoms with van der Waals surface area (Å²) < 4.78 is 77.8. The van der Waals surface area contributed by atoms with Gasteiger partial charge in [-0.15, -0.1) is 0 Å². The summed E-state index contributed by atoms with van der Waals surface area (Å²) in [4.78, 5) is -0.442. The number of benzene rings is 1. The number of nitrogens with zero attached hydrogens (tertiary/aromatic N) is 1. The zero-order valence-corrected chi connectivity index (χ0v) is 14.3. The van der Waals surface area contributed by atoms with E-state index >= 15 is 0 Å². The molecule has 2 fully saturated rings. The van der Waals surface area contributed by atoms with Crippen LogP contribution in [-0.4, -0.2) is 38.4 Å². The standard InChI is InChI=1S/C16H20F4N2O2S/c17-15-9-13(3-4-14(15)16(18,19)20)25(23,24)22-7-5-12(6-8-22)21-10-11-1-2-11/h3-4,9,11-12,21H,1-2,5-8,10H2. The highest BCUT2D eigenvalue weighted by Crippen LogP contribution is 2.33. The van der Waals surface area contributed by atoms with Crippen molar-refractivity contribution in [2.24, 2.45) is 5.92 Å². The average molecular weight is 380 g/mol. The number of rotatable bonds is 5. The van der Waals surface area contributed by atoms with Gasteiger partial charge in [-0.2, -0.15) is 17.5 Å². The Balaban J connectivity index is 1.66. The molecule has 1 aromatic carbocycles. The Labute approximate surface area is 144 Å². The van der Waals surface area contributed by atoms with Crippen LogP contribution in [0.4, 0.5) is 17.6 Å². The molecule has 1 saturated carbocycles. The maximum absolute atomic E-state index is 13.7. The Kier molecular flexibility index (Phi) is 5.09. The van der Waals surface area contributed by atoms with E-state index in [1.54, 1.807) is 0 Å². The lowest BCUT2D eigenvalue weighted by Gasteiger charge is -2.31. The van der Waals surface area contributed by atoms with Crippen LogP contribution in [0.5, 0.6) is 0 Å². The molecule has 3 rings (SSSR count). The zero-order valence-electron chi connectivity index (χ0n) is 13.5. The summed E-state index contributed by atoms with van der Waals surface area (Å²) in [7, 11) is -3.99. The number of nitrogens with one attached hydrogen (secondary N) is 1. The predicted octanol–water partition coefficient (Wildman–Crippen LogP) is 3.00. The molecule has 0 spiro atoms. The summed E-state index contributed by atoms with van der Waals surface area (Å²) in [6.45, 7) is 1.49. The maximum atomic E-state index is 13.7. The first kappa shape index (κ1) is 18.6. The lowest BCUT2D eigenvalue weighted by atomic mass is 10.1. The van der Waals surface area contributed by atoms with E-state index in [0.29, 0.717) is 25.0 Å². The minimum Gasteiger partial charge on any atom is -0.314 e. The van der Waals surface area contributed by atoms with Crippen LogP contribution in [0.3, 0.4) is 0 Å². The van der Waals surface area contributed by atoms with Gasteiger partial charge < -0.3 is 5.32 Å². The van der Waals surface area contributed by atoms with Gasteiger partial charge in [-0.05, 0) is 56.3 Å². The van der Waals surface area contributed by atoms with Gasteiger partial charge in [-0.1, -0.05) is 0 Å². The molecule has 0 amide bonds. The molecular weight excluding hydrogens is 360 g/mol. The lowest BCUT2D eigenvalue weighted by molar-refractivity contribution is -0.140. The van der Waals surface area contributed by atoms with E-state index in [-0.39, 0.29) is 19.1 Å². The fourth-order valence-corrected chi connectivity index (χ4v) is 4.47. The van der Waals surface area contributed by atoms with E-state index in [2.05, 4.69) is 5.32 Å². The smallest absolute Gasteiger partial charge is 0.314 e. The van der Waals surface area contributed by atoms with E-state index in [1.807, 2.05) is 0 Å². The number of piperidine rings is 1. The summed E-state index contributed by atoms with van der Waals surface area (Å²) in [5, 5.41) is 3.42. The van der Waals surface area contributed by atoms with Gasteiger partial charge in [0.1, 0.15) is 5.82 Å². The molecule has 9 heteroatoms. The zero-order chi connectivity index (χ0) is 18.2. The Bertz CT molecular complexity index is 724. The molecular formula is C16H20F4N2O2S. The summed E-state index contributed by atoms with van der Waals surface area (Å²) in [5.74, 6) is -0.841. The molecule has 4 nitrogen and oxygen atoms in total. The first-order valence-electron chi connectivity index (χ1n) is 8.28. The van der Waals surface area contributed by atoms with Gasteiger partial charge in [0, 0.05) is 19.1 Å². The monoisotopic (exact) mass is 380 g/mol. The highest BCUT2D eigenvalue weighted by atomic mass is 32.2. The van der Waals surface area contributed by atoms with E-state index in [4.69, 9.17) is 0 Å². The molecule has 2 aliphatic rings. The van der Waals surface area contributed by atoms with Gasteiger partial charge in [-0.25, -0.2) is 12.8 Å². The van der Waals surface area contributed by atoms with Crippen molar-refractivity contribution >= 4 is 10.0 Å². The second-order valence-electron chi connectivity index (χ2n) is 6.67. The summed E-state index contributed by atoms with van der Waals surface area (Å²) in [6, 6.07) is 2.00. The fourth-order valence-electron chi connectivity index (χ4n) is 2.99. The molecule has 25 heavy (non-hydrogen) atoms. The molecule has 1 N–H and O–H groups in total. The van der Waals surface area contributed by atoms with Crippen molar-refractivity contribution in [2.75, 3.05) is 19.6 Å². The van der Waals surface area contributed by atoms with Crippen molar-refractivity contribution in [2.45, 2.75) is 42.8 Å². The highest BCUT2D eigenvalue weighted by Gasteiger charge is 2.36. The molecule has 0 aromatic heterocycles. The molecule has 1 saturated heterocycles. The highest BCUT2D eigenvalue weighted by molar-refractivity contribution is 7.89. The van der Waals surface area contributed by atoms with Crippen LogP contribution in [-0.2, 0) is 16.2 Å². The first-order chi connectivity index (χ1) is 11.7. The van der Waals surface area contributed by atoms with Gasteiger partial charge in [0.25, 0.3) is 0 Å². The Hall–Kier alpha value is -1.19. The minimum atomic E-state index is -4.85. The molecule has 1 aromatic rings. The van der Waals surface area contributed by atoms with Gasteiger partial charge in [-0.3, -0.25) is 0 Å². The van der Waals surface area contributed by atoms with E-state index in [1.165, 1.54) is 17.1 Å². The number of sulfonamides is 1. The van der Waals surface area contributed by atoms with Crippen molar-refractivity contribution < 1.29 is 26.0 Å². The molecule has 1 aliphatic carbocycles. The van der Waals surface area contributed by atoms with E-state index < -0.39 is 32.5 Å². The first-order valence-corrected chi connectivity index (χ1v) is 9.72. The lowest BCUT2D eigenvalue weighted by Crippen LogP contribution is -2.45. The third-order valence-electron chi connectivity index (χ3n) is 4.73. The van der Waals surface area contributed by atoms with E-state index in [0.717, 1.165) is 18.5 Å². The Morgan fingerprint density at radius 1 is 1.12 bits per heavy atom. The van der Waals surface area contributed by atoms with Crippen LogP contribution in [0.1, 0.15) is 31.2 Å². The van der Waals surface area contributed by atoms with Gasteiger partial charge >= 0.3 is 6.18 Å². The van der Waals surface area contributed by atoms with Crippen LogP contribution in [0.25, 0.3) is 0 Å². The number of hydrogen-bond donors (Lipinski definition) is 1. The van der Waals surface area contributed by atoms with Gasteiger partial charge in [0.05, 0.1) is 10.5 Å². The van der Waals surface area contributed by atoms with Gasteiger partial charge in [0.2, 0.25) is 10.0 Å². The molecule has 1 aliphatic heterocycles. The largest absolute Gasteiger partial charge is 0.419 e. The third-order valence-corrected chi connectivity index (χ3v) is 6.62. The Morgan fingerprint density at radius 2 is 1.76 bits per heavy atom. The van der Waals surface area contributed by atoms with Gasteiger partial charge in [0.15, 0.2) is 0 Å². The van der Waals surface area contributed by atoms with E-state index in [9.17, 15) is 26.0 Å². The van der Waals surface area contributed by atoms with Crippen LogP contribution in [0.2, 0.25) is 0 Å². The van der Waals surface area contributed by atoms with Crippen molar-refractivity contribution in [3.63, 3.8) is 0 Å². The summed E-state index contributed by atoms with van der Waals surface area (Å²) >= 11 is 0. The van der Waals surface area contributed by atoms with Crippen LogP contribution in [0, 0.1) is 11.7 Å². The molecule has 1 heterocycles. The van der Waals surface area contributed by atoms with Crippen molar-refractivity contribution in [1.82, 2.24) is 9.62 Å². The normalized spacial score (nSPS) is 20.8. The quantitative estimate of drug-likeness (QED) is 0.799. The predicted molar refractivity (Wildman–Crippen MR) is 83.9 cm³/mol. The molecule has 0 unspecified atom stereocenters. The second-order valence-corrected chi connectivity index (χ2v) is 8.61. The van der Waals surface area contributed by atoms with Crippen molar-refractivity contribution in [1.29, 1.82) is 0 Å². The third kappa shape index (κ3) is 4.32. The SMILES string of the molecule is O=S(=O)(c1ccc(C(F)(F)F)c(F)c1)N1CCC(NCC2CC2)CC1.